The van der Waals surface area contributed by atoms with Gasteiger partial charge in [-0.25, -0.2) is 4.79 Å². The molecule has 2 amide bonds. The molecule has 3 aromatic rings. The zero-order valence-electron chi connectivity index (χ0n) is 14.8. The number of anilines is 1. The monoisotopic (exact) mass is 385 g/mol. The normalized spacial score (nSPS) is 10.8. The summed E-state index contributed by atoms with van der Waals surface area (Å²) in [4.78, 5) is 29.2. The van der Waals surface area contributed by atoms with Crippen molar-refractivity contribution in [3.8, 4) is 0 Å². The van der Waals surface area contributed by atoms with Gasteiger partial charge in [0, 0.05) is 28.3 Å². The molecule has 0 saturated carbocycles. The summed E-state index contributed by atoms with van der Waals surface area (Å²) < 4.78 is 0. The van der Waals surface area contributed by atoms with Crippen LogP contribution < -0.4 is 10.9 Å². The van der Waals surface area contributed by atoms with Gasteiger partial charge in [-0.1, -0.05) is 23.2 Å². The van der Waals surface area contributed by atoms with Gasteiger partial charge in [0.25, 0.3) is 5.56 Å². The number of carbonyl (C=O) groups excluding carboxylic acids is 1. The lowest BCUT2D eigenvalue weighted by molar-refractivity contribution is 0.185. The molecule has 0 spiro atoms. The summed E-state index contributed by atoms with van der Waals surface area (Å²) in [6, 6.07) is 13.8. The van der Waals surface area contributed by atoms with Gasteiger partial charge in [0.2, 0.25) is 0 Å². The number of fused-ring (bicyclic) bond motifs is 1. The average molecular weight is 386 g/mol. The number of nitrogens with one attached hydrogen (secondary N) is 2. The molecule has 2 aromatic carbocycles. The number of aliphatic hydroxyl groups excluding tert-OH is 1. The van der Waals surface area contributed by atoms with Gasteiger partial charge in [0.05, 0.1) is 13.2 Å². The Balaban J connectivity index is 1.84. The van der Waals surface area contributed by atoms with Crippen molar-refractivity contribution in [3.63, 3.8) is 0 Å². The van der Waals surface area contributed by atoms with Gasteiger partial charge >= 0.3 is 6.03 Å². The third-order valence-electron chi connectivity index (χ3n) is 4.19. The van der Waals surface area contributed by atoms with Crippen molar-refractivity contribution in [3.05, 3.63) is 75.0 Å². The van der Waals surface area contributed by atoms with Gasteiger partial charge < -0.3 is 20.3 Å². The Bertz CT molecular complexity index is 1020. The molecule has 6 nitrogen and oxygen atoms in total. The van der Waals surface area contributed by atoms with Crippen molar-refractivity contribution in [1.82, 2.24) is 9.88 Å². The van der Waals surface area contributed by atoms with E-state index >= 15 is 0 Å². The molecule has 1 aromatic heterocycles. The number of urea groups is 1. The highest BCUT2D eigenvalue weighted by molar-refractivity contribution is 6.30. The Morgan fingerprint density at radius 2 is 1.93 bits per heavy atom. The van der Waals surface area contributed by atoms with Crippen LogP contribution in [0.5, 0.6) is 0 Å². The molecule has 27 heavy (non-hydrogen) atoms. The first-order chi connectivity index (χ1) is 13.0. The highest BCUT2D eigenvalue weighted by Gasteiger charge is 2.16. The van der Waals surface area contributed by atoms with E-state index in [0.29, 0.717) is 16.3 Å². The van der Waals surface area contributed by atoms with E-state index in [0.717, 1.165) is 16.5 Å². The predicted octanol–water partition coefficient (Wildman–Crippen LogP) is 3.52. The molecule has 1 heterocycles. The second-order valence-corrected chi connectivity index (χ2v) is 6.73. The van der Waals surface area contributed by atoms with E-state index in [1.807, 2.05) is 25.1 Å². The van der Waals surface area contributed by atoms with Crippen LogP contribution in [-0.4, -0.2) is 34.2 Å². The van der Waals surface area contributed by atoms with E-state index in [-0.39, 0.29) is 25.3 Å². The fourth-order valence-electron chi connectivity index (χ4n) is 2.80. The number of pyridine rings is 1. The number of amides is 2. The fraction of sp³-hybridized carbons (Fsp3) is 0.200. The Hall–Kier alpha value is -2.83. The summed E-state index contributed by atoms with van der Waals surface area (Å²) in [6.07, 6.45) is 0. The van der Waals surface area contributed by atoms with Crippen molar-refractivity contribution in [2.45, 2.75) is 13.5 Å². The molecule has 0 radical (unpaired) electrons. The van der Waals surface area contributed by atoms with E-state index in [1.54, 1.807) is 30.3 Å². The van der Waals surface area contributed by atoms with E-state index < -0.39 is 6.03 Å². The highest BCUT2D eigenvalue weighted by atomic mass is 35.5. The van der Waals surface area contributed by atoms with E-state index in [9.17, 15) is 14.7 Å². The molecule has 0 bridgehead atoms. The Morgan fingerprint density at radius 1 is 1.19 bits per heavy atom. The quantitative estimate of drug-likeness (QED) is 0.628. The third-order valence-corrected chi connectivity index (χ3v) is 4.44. The van der Waals surface area contributed by atoms with Gasteiger partial charge in [-0.2, -0.15) is 0 Å². The lowest BCUT2D eigenvalue weighted by atomic mass is 10.1. The zero-order valence-corrected chi connectivity index (χ0v) is 15.6. The van der Waals surface area contributed by atoms with Crippen LogP contribution in [0.1, 0.15) is 11.1 Å². The molecular weight excluding hydrogens is 366 g/mol. The van der Waals surface area contributed by atoms with Crippen LogP contribution in [0.2, 0.25) is 5.02 Å². The van der Waals surface area contributed by atoms with Gasteiger partial charge in [0.1, 0.15) is 0 Å². The van der Waals surface area contributed by atoms with Crippen molar-refractivity contribution in [2.24, 2.45) is 0 Å². The van der Waals surface area contributed by atoms with Crippen molar-refractivity contribution in [1.29, 1.82) is 0 Å². The summed E-state index contributed by atoms with van der Waals surface area (Å²) >= 11 is 5.85. The predicted molar refractivity (Wildman–Crippen MR) is 107 cm³/mol. The molecule has 0 atom stereocenters. The maximum Gasteiger partial charge on any atom is 0.322 e. The first kappa shape index (κ1) is 18.9. The number of halogens is 1. The highest BCUT2D eigenvalue weighted by Crippen LogP contribution is 2.16. The van der Waals surface area contributed by atoms with Crippen molar-refractivity contribution < 1.29 is 9.90 Å². The first-order valence-corrected chi connectivity index (χ1v) is 8.89. The molecule has 0 aliphatic carbocycles. The molecule has 140 valence electrons. The minimum absolute atomic E-state index is 0.0825. The summed E-state index contributed by atoms with van der Waals surface area (Å²) in [6.45, 7) is 1.95. The van der Waals surface area contributed by atoms with Crippen LogP contribution >= 0.6 is 11.6 Å². The second-order valence-electron chi connectivity index (χ2n) is 6.30. The minimum atomic E-state index is -0.407. The van der Waals surface area contributed by atoms with Crippen LogP contribution in [-0.2, 0) is 6.54 Å². The standard InChI is InChI=1S/C20H20ClN3O3/c1-13-2-7-18-14(10-13)11-15(19(26)23-18)12-24(8-9-25)20(27)22-17-5-3-16(21)4-6-17/h2-7,10-11,25H,8-9,12H2,1H3,(H,22,27)(H,23,26). The first-order valence-electron chi connectivity index (χ1n) is 8.51. The molecule has 0 aliphatic heterocycles. The topological polar surface area (TPSA) is 85.4 Å². The molecule has 7 heteroatoms. The van der Waals surface area contributed by atoms with E-state index in [2.05, 4.69) is 10.3 Å². The van der Waals surface area contributed by atoms with Crippen LogP contribution in [0.4, 0.5) is 10.5 Å². The maximum atomic E-state index is 12.6. The number of aromatic nitrogens is 1. The van der Waals surface area contributed by atoms with Gasteiger partial charge in [-0.3, -0.25) is 4.79 Å². The average Bonchev–Trinajstić information content (AvgIpc) is 2.64. The van der Waals surface area contributed by atoms with Crippen LogP contribution in [0, 0.1) is 6.92 Å². The SMILES string of the molecule is Cc1ccc2[nH]c(=O)c(CN(CCO)C(=O)Nc3ccc(Cl)cc3)cc2c1. The maximum absolute atomic E-state index is 12.6. The second kappa shape index (κ2) is 8.24. The number of carbonyl (C=O) groups is 1. The van der Waals surface area contributed by atoms with Gasteiger partial charge in [-0.15, -0.1) is 0 Å². The van der Waals surface area contributed by atoms with E-state index in [1.165, 1.54) is 4.90 Å². The number of aliphatic hydroxyl groups is 1. The number of aromatic amines is 1. The Morgan fingerprint density at radius 3 is 2.63 bits per heavy atom. The number of hydrogen-bond donors (Lipinski definition) is 3. The van der Waals surface area contributed by atoms with Crippen LogP contribution in [0.25, 0.3) is 10.9 Å². The number of benzene rings is 2. The summed E-state index contributed by atoms with van der Waals surface area (Å²) in [5.41, 5.74) is 2.60. The Kier molecular flexibility index (Phi) is 5.78. The molecule has 0 aliphatic rings. The molecular formula is C20H20ClN3O3. The molecule has 0 saturated heterocycles. The number of H-pyrrole nitrogens is 1. The minimum Gasteiger partial charge on any atom is -0.395 e. The summed E-state index contributed by atoms with van der Waals surface area (Å²) in [5.74, 6) is 0. The third kappa shape index (κ3) is 4.67. The smallest absolute Gasteiger partial charge is 0.322 e. The lowest BCUT2D eigenvalue weighted by Gasteiger charge is -2.22. The van der Waals surface area contributed by atoms with E-state index in [4.69, 9.17) is 11.6 Å². The molecule has 3 N–H and O–H groups in total. The number of hydrogen-bond acceptors (Lipinski definition) is 3. The van der Waals surface area contributed by atoms with Gasteiger partial charge in [0.15, 0.2) is 0 Å². The van der Waals surface area contributed by atoms with Gasteiger partial charge in [-0.05, 0) is 54.8 Å². The number of rotatable bonds is 5. The molecule has 3 rings (SSSR count). The summed E-state index contributed by atoms with van der Waals surface area (Å²) in [5, 5.41) is 13.5. The fourth-order valence-corrected chi connectivity index (χ4v) is 2.93. The molecule has 0 unspecified atom stereocenters. The largest absolute Gasteiger partial charge is 0.395 e. The molecule has 0 fully saturated rings. The summed E-state index contributed by atoms with van der Waals surface area (Å²) in [7, 11) is 0. The Labute approximate surface area is 161 Å². The van der Waals surface area contributed by atoms with Crippen molar-refractivity contribution >= 4 is 34.2 Å². The van der Waals surface area contributed by atoms with Crippen molar-refractivity contribution in [2.75, 3.05) is 18.5 Å². The number of nitrogens with zero attached hydrogens (tertiary/aromatic N) is 1. The van der Waals surface area contributed by atoms with Crippen LogP contribution in [0.3, 0.4) is 0 Å². The zero-order chi connectivity index (χ0) is 19.4. The lowest BCUT2D eigenvalue weighted by Crippen LogP contribution is -2.38. The van der Waals surface area contributed by atoms with Crippen LogP contribution in [0.15, 0.2) is 53.3 Å². The number of aryl methyl sites for hydroxylation is 1.